The second-order valence-corrected chi connectivity index (χ2v) is 11.7. The number of alkyl halides is 3. The first kappa shape index (κ1) is 26.6. The predicted octanol–water partition coefficient (Wildman–Crippen LogP) is 7.69. The summed E-state index contributed by atoms with van der Waals surface area (Å²) >= 11 is 6.77. The fraction of sp³-hybridized carbons (Fsp3) is 0.621. The molecule has 2 atom stereocenters. The van der Waals surface area contributed by atoms with Crippen LogP contribution in [0.2, 0.25) is 5.02 Å². The number of rotatable bonds is 6. The maximum absolute atomic E-state index is 13.0. The molecule has 0 amide bonds. The smallest absolute Gasteiger partial charge is 0.391 e. The van der Waals surface area contributed by atoms with E-state index < -0.39 is 12.1 Å². The Balaban J connectivity index is 1.26. The Morgan fingerprint density at radius 1 is 1.03 bits per heavy atom. The van der Waals surface area contributed by atoms with E-state index in [1.807, 2.05) is 26.0 Å². The van der Waals surface area contributed by atoms with E-state index >= 15 is 0 Å². The minimum atomic E-state index is -4.13. The summed E-state index contributed by atoms with van der Waals surface area (Å²) in [5, 5.41) is 2.40. The Labute approximate surface area is 221 Å². The van der Waals surface area contributed by atoms with E-state index in [1.165, 1.54) is 0 Å². The number of piperidine rings is 1. The Morgan fingerprint density at radius 2 is 1.68 bits per heavy atom. The van der Waals surface area contributed by atoms with Gasteiger partial charge in [0.05, 0.1) is 29.1 Å². The highest BCUT2D eigenvalue weighted by Gasteiger charge is 2.44. The van der Waals surface area contributed by atoms with Crippen molar-refractivity contribution < 1.29 is 27.4 Å². The van der Waals surface area contributed by atoms with Crippen molar-refractivity contribution in [2.24, 2.45) is 11.8 Å². The molecule has 5 rings (SSSR count). The average molecular weight is 538 g/mol. The molecule has 37 heavy (non-hydrogen) atoms. The predicted molar refractivity (Wildman–Crippen MR) is 138 cm³/mol. The lowest BCUT2D eigenvalue weighted by Crippen LogP contribution is -2.44. The molecule has 4 nitrogen and oxygen atoms in total. The van der Waals surface area contributed by atoms with Crippen molar-refractivity contribution in [2.75, 3.05) is 0 Å². The molecule has 2 aliphatic heterocycles. The number of halogens is 4. The van der Waals surface area contributed by atoms with Crippen LogP contribution in [0.5, 0.6) is 5.75 Å². The third-order valence-corrected chi connectivity index (χ3v) is 8.74. The van der Waals surface area contributed by atoms with E-state index in [-0.39, 0.29) is 36.9 Å². The molecule has 2 unspecified atom stereocenters. The van der Waals surface area contributed by atoms with Gasteiger partial charge in [-0.3, -0.25) is 9.69 Å². The molecule has 0 N–H and O–H groups in total. The summed E-state index contributed by atoms with van der Waals surface area (Å²) in [7, 11) is 0. The van der Waals surface area contributed by atoms with Crippen LogP contribution >= 0.6 is 11.6 Å². The van der Waals surface area contributed by atoms with Gasteiger partial charge < -0.3 is 9.47 Å². The zero-order valence-corrected chi connectivity index (χ0v) is 22.2. The number of carbonyl (C=O) groups excluding carboxylic acids is 1. The number of hydrogen-bond acceptors (Lipinski definition) is 4. The lowest BCUT2D eigenvalue weighted by molar-refractivity contribution is -0.185. The number of hydrogen-bond donors (Lipinski definition) is 0. The molecular formula is C29H35ClF3NO3. The third kappa shape index (κ3) is 5.88. The van der Waals surface area contributed by atoms with Crippen LogP contribution in [-0.4, -0.2) is 41.3 Å². The van der Waals surface area contributed by atoms with Crippen LogP contribution in [0.15, 0.2) is 30.3 Å². The Kier molecular flexibility index (Phi) is 7.65. The third-order valence-electron chi connectivity index (χ3n) is 8.35. The molecule has 0 spiro atoms. The van der Waals surface area contributed by atoms with Crippen molar-refractivity contribution in [1.82, 2.24) is 4.90 Å². The molecule has 3 fully saturated rings. The summed E-state index contributed by atoms with van der Waals surface area (Å²) in [5.74, 6) is -0.786. The standard InChI is InChI=1S/C29H35ClF3NO3/c1-17(2)36-28(35)20-14-22-8-9-23(15-20)34(22)16-18-3-4-19-5-12-26(27(30)25(19)13-18)37-24-10-6-21(7-11-24)29(31,32)33/h3-5,12-13,17,20-24H,6-11,14-16H2,1-2H3/t20?,21-,22?,23?,24+. The molecule has 8 heteroatoms. The van der Waals surface area contributed by atoms with Crippen LogP contribution in [0.3, 0.4) is 0 Å². The van der Waals surface area contributed by atoms with Crippen molar-refractivity contribution in [3.8, 4) is 5.75 Å². The van der Waals surface area contributed by atoms with Crippen molar-refractivity contribution in [3.05, 3.63) is 40.9 Å². The maximum Gasteiger partial charge on any atom is 0.391 e. The highest BCUT2D eigenvalue weighted by atomic mass is 35.5. The molecule has 0 aromatic heterocycles. The topological polar surface area (TPSA) is 38.8 Å². The number of ether oxygens (including phenoxy) is 2. The summed E-state index contributed by atoms with van der Waals surface area (Å²) in [6.07, 6.45) is 0.340. The molecule has 2 heterocycles. The van der Waals surface area contributed by atoms with Crippen LogP contribution in [0.1, 0.15) is 70.8 Å². The second-order valence-electron chi connectivity index (χ2n) is 11.3. The van der Waals surface area contributed by atoms with Gasteiger partial charge in [-0.15, -0.1) is 0 Å². The van der Waals surface area contributed by atoms with Crippen LogP contribution in [0.25, 0.3) is 10.8 Å². The molecule has 1 aliphatic carbocycles. The number of carbonyl (C=O) groups is 1. The summed E-state index contributed by atoms with van der Waals surface area (Å²) < 4.78 is 50.6. The highest BCUT2D eigenvalue weighted by Crippen LogP contribution is 2.42. The lowest BCUT2D eigenvalue weighted by atomic mass is 9.87. The molecule has 2 bridgehead atoms. The monoisotopic (exact) mass is 537 g/mol. The molecule has 2 aromatic rings. The average Bonchev–Trinajstić information content (AvgIpc) is 3.06. The van der Waals surface area contributed by atoms with Crippen molar-refractivity contribution in [1.29, 1.82) is 0 Å². The first-order valence-electron chi connectivity index (χ1n) is 13.5. The van der Waals surface area contributed by atoms with E-state index in [0.717, 1.165) is 48.6 Å². The summed E-state index contributed by atoms with van der Waals surface area (Å²) in [5.41, 5.74) is 1.15. The van der Waals surface area contributed by atoms with Crippen LogP contribution in [-0.2, 0) is 16.1 Å². The summed E-state index contributed by atoms with van der Waals surface area (Å²) in [6, 6.07) is 10.8. The molecular weight excluding hydrogens is 503 g/mol. The first-order valence-corrected chi connectivity index (χ1v) is 13.9. The molecule has 1 saturated carbocycles. The van der Waals surface area contributed by atoms with Crippen LogP contribution in [0, 0.1) is 11.8 Å². The van der Waals surface area contributed by atoms with Gasteiger partial charge in [0.15, 0.2) is 0 Å². The summed E-state index contributed by atoms with van der Waals surface area (Å²) in [6.45, 7) is 4.57. The van der Waals surface area contributed by atoms with E-state index in [4.69, 9.17) is 21.1 Å². The van der Waals surface area contributed by atoms with Gasteiger partial charge in [0.2, 0.25) is 0 Å². The van der Waals surface area contributed by atoms with Gasteiger partial charge in [-0.2, -0.15) is 13.2 Å². The number of benzene rings is 2. The first-order chi connectivity index (χ1) is 17.6. The zero-order valence-electron chi connectivity index (χ0n) is 21.4. The molecule has 2 saturated heterocycles. The van der Waals surface area contributed by atoms with Gasteiger partial charge in [0.25, 0.3) is 0 Å². The zero-order chi connectivity index (χ0) is 26.3. The van der Waals surface area contributed by atoms with E-state index in [9.17, 15) is 18.0 Å². The quantitative estimate of drug-likeness (QED) is 0.354. The van der Waals surface area contributed by atoms with Gasteiger partial charge in [0.1, 0.15) is 5.75 Å². The number of fused-ring (bicyclic) bond motifs is 3. The fourth-order valence-electron chi connectivity index (χ4n) is 6.45. The van der Waals surface area contributed by atoms with E-state index in [2.05, 4.69) is 23.1 Å². The van der Waals surface area contributed by atoms with E-state index in [0.29, 0.717) is 35.7 Å². The Morgan fingerprint density at radius 3 is 2.30 bits per heavy atom. The number of esters is 1. The van der Waals surface area contributed by atoms with Gasteiger partial charge in [-0.1, -0.05) is 29.8 Å². The molecule has 2 aromatic carbocycles. The van der Waals surface area contributed by atoms with Gasteiger partial charge in [-0.05, 0) is 88.3 Å². The van der Waals surface area contributed by atoms with Gasteiger partial charge in [-0.25, -0.2) is 0 Å². The Bertz CT molecular complexity index is 1120. The largest absolute Gasteiger partial charge is 0.489 e. The van der Waals surface area contributed by atoms with Crippen molar-refractivity contribution in [2.45, 2.75) is 102 Å². The summed E-state index contributed by atoms with van der Waals surface area (Å²) in [4.78, 5) is 15.0. The SMILES string of the molecule is CC(C)OC(=O)C1CC2CCC(C1)N2Cc1ccc2ccc(O[C@H]3CC[C@@H](C(F)(F)F)CC3)c(Cl)c2c1. The lowest BCUT2D eigenvalue weighted by Gasteiger charge is -2.38. The van der Waals surface area contributed by atoms with Gasteiger partial charge >= 0.3 is 12.1 Å². The fourth-order valence-corrected chi connectivity index (χ4v) is 6.72. The van der Waals surface area contributed by atoms with Crippen molar-refractivity contribution in [3.63, 3.8) is 0 Å². The molecule has 202 valence electrons. The highest BCUT2D eigenvalue weighted by molar-refractivity contribution is 6.37. The molecule has 3 aliphatic rings. The van der Waals surface area contributed by atoms with Gasteiger partial charge in [0, 0.05) is 24.0 Å². The normalized spacial score (nSPS) is 28.6. The van der Waals surface area contributed by atoms with E-state index in [1.54, 1.807) is 0 Å². The van der Waals surface area contributed by atoms with Crippen LogP contribution in [0.4, 0.5) is 13.2 Å². The van der Waals surface area contributed by atoms with Crippen molar-refractivity contribution >= 4 is 28.3 Å². The van der Waals surface area contributed by atoms with Crippen LogP contribution < -0.4 is 4.74 Å². The number of nitrogens with zero attached hydrogens (tertiary/aromatic N) is 1. The maximum atomic E-state index is 13.0. The minimum Gasteiger partial charge on any atom is -0.489 e. The second kappa shape index (κ2) is 10.6. The minimum absolute atomic E-state index is 0.0203. The Hall–Kier alpha value is -1.99. The molecule has 0 radical (unpaired) electrons.